The summed E-state index contributed by atoms with van der Waals surface area (Å²) in [5, 5.41) is 9.60. The van der Waals surface area contributed by atoms with Crippen LogP contribution in [0.1, 0.15) is 45.6 Å². The molecule has 104 valence electrons. The number of carboxylic acid groups (broad SMARTS) is 1. The molecule has 1 saturated heterocycles. The van der Waals surface area contributed by atoms with Crippen molar-refractivity contribution >= 4 is 6.09 Å². The molecule has 19 heavy (non-hydrogen) atoms. The van der Waals surface area contributed by atoms with Gasteiger partial charge in [0, 0.05) is 18.9 Å². The molecule has 4 heteroatoms. The molecule has 1 amide bonds. The van der Waals surface area contributed by atoms with Crippen LogP contribution in [0, 0.1) is 5.41 Å². The van der Waals surface area contributed by atoms with Gasteiger partial charge in [0.2, 0.25) is 0 Å². The Balaban J connectivity index is 2.60. The van der Waals surface area contributed by atoms with Crippen LogP contribution in [-0.4, -0.2) is 27.6 Å². The molecule has 0 aliphatic carbocycles. The summed E-state index contributed by atoms with van der Waals surface area (Å²) in [6.45, 7) is 6.94. The fourth-order valence-electron chi connectivity index (χ4n) is 3.36. The normalized spacial score (nSPS) is 24.3. The lowest BCUT2D eigenvalue weighted by molar-refractivity contribution is -0.0295. The minimum absolute atomic E-state index is 0.172. The Hall–Kier alpha value is -1.58. The fraction of sp³-hybridized carbons (Fsp3) is 0.600. The second kappa shape index (κ2) is 4.83. The van der Waals surface area contributed by atoms with Crippen molar-refractivity contribution in [3.8, 4) is 0 Å². The van der Waals surface area contributed by atoms with Gasteiger partial charge < -0.3 is 5.11 Å². The zero-order valence-corrected chi connectivity index (χ0v) is 11.9. The highest BCUT2D eigenvalue weighted by molar-refractivity contribution is 5.67. The van der Waals surface area contributed by atoms with Gasteiger partial charge in [-0.15, -0.1) is 0 Å². The van der Waals surface area contributed by atoms with Gasteiger partial charge in [-0.05, 0) is 36.3 Å². The molecular weight excluding hydrogens is 240 g/mol. The van der Waals surface area contributed by atoms with Crippen LogP contribution in [0.25, 0.3) is 0 Å². The van der Waals surface area contributed by atoms with E-state index in [1.54, 1.807) is 11.1 Å². The number of hydrogen-bond acceptors (Lipinski definition) is 2. The number of carbonyl (C=O) groups is 1. The molecule has 1 aromatic heterocycles. The molecule has 0 radical (unpaired) electrons. The number of nitrogens with zero attached hydrogens (tertiary/aromatic N) is 2. The summed E-state index contributed by atoms with van der Waals surface area (Å²) >= 11 is 0. The largest absolute Gasteiger partial charge is 0.465 e. The molecule has 0 bridgehead atoms. The van der Waals surface area contributed by atoms with Crippen LogP contribution in [0.3, 0.4) is 0 Å². The van der Waals surface area contributed by atoms with Crippen LogP contribution in [-0.2, 0) is 5.54 Å². The lowest BCUT2D eigenvalue weighted by Crippen LogP contribution is -2.58. The highest BCUT2D eigenvalue weighted by Gasteiger charge is 2.51. The number of likely N-dealkylation sites (tertiary alicyclic amines) is 1. The highest BCUT2D eigenvalue weighted by atomic mass is 16.4. The van der Waals surface area contributed by atoms with E-state index in [0.29, 0.717) is 6.54 Å². The number of hydrogen-bond donors (Lipinski definition) is 1. The first-order chi connectivity index (χ1) is 8.89. The minimum Gasteiger partial charge on any atom is -0.465 e. The van der Waals surface area contributed by atoms with E-state index in [0.717, 1.165) is 24.8 Å². The Morgan fingerprint density at radius 3 is 2.68 bits per heavy atom. The van der Waals surface area contributed by atoms with Gasteiger partial charge in [-0.25, -0.2) is 4.79 Å². The Labute approximate surface area is 114 Å². The van der Waals surface area contributed by atoms with Crippen LogP contribution in [0.4, 0.5) is 4.79 Å². The van der Waals surface area contributed by atoms with E-state index in [1.807, 2.05) is 18.3 Å². The van der Waals surface area contributed by atoms with Gasteiger partial charge in [-0.1, -0.05) is 26.8 Å². The van der Waals surface area contributed by atoms with Gasteiger partial charge in [-0.2, -0.15) is 0 Å². The molecular formula is C15H22N2O2. The average Bonchev–Trinajstić information content (AvgIpc) is 2.38. The van der Waals surface area contributed by atoms with Crippen molar-refractivity contribution in [3.05, 3.63) is 30.1 Å². The minimum atomic E-state index is -0.835. The van der Waals surface area contributed by atoms with Crippen molar-refractivity contribution < 1.29 is 9.90 Å². The Morgan fingerprint density at radius 1 is 1.42 bits per heavy atom. The molecule has 1 aliphatic rings. The number of rotatable bonds is 1. The van der Waals surface area contributed by atoms with Gasteiger partial charge >= 0.3 is 6.09 Å². The standard InChI is InChI=1S/C15H22N2O2/c1-14(2,3)15(12-7-6-9-16-11-12)8-4-5-10-17(15)13(18)19/h6-7,9,11H,4-5,8,10H2,1-3H3,(H,18,19). The third-order valence-electron chi connectivity index (χ3n) is 4.24. The molecule has 4 nitrogen and oxygen atoms in total. The number of amides is 1. The molecule has 2 heterocycles. The first-order valence-corrected chi connectivity index (χ1v) is 6.81. The van der Waals surface area contributed by atoms with Gasteiger partial charge in [-0.3, -0.25) is 9.88 Å². The predicted octanol–water partition coefficient (Wildman–Crippen LogP) is 3.49. The zero-order valence-electron chi connectivity index (χ0n) is 11.9. The first-order valence-electron chi connectivity index (χ1n) is 6.81. The summed E-state index contributed by atoms with van der Waals surface area (Å²) in [6.07, 6.45) is 5.55. The summed E-state index contributed by atoms with van der Waals surface area (Å²) in [7, 11) is 0. The molecule has 1 N–H and O–H groups in total. The maximum Gasteiger partial charge on any atom is 0.408 e. The van der Waals surface area contributed by atoms with Gasteiger partial charge in [0.15, 0.2) is 0 Å². The molecule has 1 atom stereocenters. The summed E-state index contributed by atoms with van der Waals surface area (Å²) in [6, 6.07) is 3.89. The van der Waals surface area contributed by atoms with Crippen LogP contribution >= 0.6 is 0 Å². The third kappa shape index (κ3) is 2.20. The average molecular weight is 262 g/mol. The van der Waals surface area contributed by atoms with E-state index in [1.165, 1.54) is 0 Å². The second-order valence-electron chi connectivity index (χ2n) is 6.24. The molecule has 0 saturated carbocycles. The quantitative estimate of drug-likeness (QED) is 0.843. The summed E-state index contributed by atoms with van der Waals surface area (Å²) in [5.41, 5.74) is 0.352. The number of piperidine rings is 1. The zero-order chi connectivity index (χ0) is 14.1. The molecule has 1 unspecified atom stereocenters. The smallest absolute Gasteiger partial charge is 0.408 e. The Kier molecular flexibility index (Phi) is 3.52. The molecule has 2 rings (SSSR count). The maximum absolute atomic E-state index is 11.7. The fourth-order valence-corrected chi connectivity index (χ4v) is 3.36. The van der Waals surface area contributed by atoms with E-state index >= 15 is 0 Å². The molecule has 1 aliphatic heterocycles. The van der Waals surface area contributed by atoms with Gasteiger partial charge in [0.05, 0.1) is 5.54 Å². The van der Waals surface area contributed by atoms with Crippen molar-refractivity contribution in [2.75, 3.05) is 6.54 Å². The molecule has 1 fully saturated rings. The van der Waals surface area contributed by atoms with E-state index in [4.69, 9.17) is 0 Å². The lowest BCUT2D eigenvalue weighted by Gasteiger charge is -2.53. The van der Waals surface area contributed by atoms with E-state index in [-0.39, 0.29) is 5.41 Å². The Morgan fingerprint density at radius 2 is 2.16 bits per heavy atom. The molecule has 0 spiro atoms. The predicted molar refractivity (Wildman–Crippen MR) is 74.0 cm³/mol. The van der Waals surface area contributed by atoms with E-state index in [2.05, 4.69) is 25.8 Å². The number of pyridine rings is 1. The second-order valence-corrected chi connectivity index (χ2v) is 6.24. The van der Waals surface area contributed by atoms with Gasteiger partial charge in [0.1, 0.15) is 0 Å². The van der Waals surface area contributed by atoms with Crippen molar-refractivity contribution in [2.45, 2.75) is 45.6 Å². The first kappa shape index (κ1) is 13.8. The van der Waals surface area contributed by atoms with Crippen molar-refractivity contribution in [2.24, 2.45) is 5.41 Å². The maximum atomic E-state index is 11.7. The third-order valence-corrected chi connectivity index (χ3v) is 4.24. The SMILES string of the molecule is CC(C)(C)C1(c2cccnc2)CCCCN1C(=O)O. The van der Waals surface area contributed by atoms with Gasteiger partial charge in [0.25, 0.3) is 0 Å². The summed E-state index contributed by atoms with van der Waals surface area (Å²) < 4.78 is 0. The summed E-state index contributed by atoms with van der Waals surface area (Å²) in [4.78, 5) is 17.5. The molecule has 1 aromatic rings. The summed E-state index contributed by atoms with van der Waals surface area (Å²) in [5.74, 6) is 0. The van der Waals surface area contributed by atoms with Crippen molar-refractivity contribution in [1.82, 2.24) is 9.88 Å². The lowest BCUT2D eigenvalue weighted by atomic mass is 9.64. The van der Waals surface area contributed by atoms with Crippen LogP contribution in [0.15, 0.2) is 24.5 Å². The molecule has 0 aromatic carbocycles. The monoisotopic (exact) mass is 262 g/mol. The number of aromatic nitrogens is 1. The van der Waals surface area contributed by atoms with Crippen molar-refractivity contribution in [3.63, 3.8) is 0 Å². The topological polar surface area (TPSA) is 53.4 Å². The van der Waals surface area contributed by atoms with Crippen LogP contribution < -0.4 is 0 Å². The van der Waals surface area contributed by atoms with Crippen molar-refractivity contribution in [1.29, 1.82) is 0 Å². The van der Waals surface area contributed by atoms with Crippen LogP contribution in [0.5, 0.6) is 0 Å². The van der Waals surface area contributed by atoms with E-state index < -0.39 is 11.6 Å². The van der Waals surface area contributed by atoms with E-state index in [9.17, 15) is 9.90 Å². The van der Waals surface area contributed by atoms with Crippen LogP contribution in [0.2, 0.25) is 0 Å². The highest BCUT2D eigenvalue weighted by Crippen LogP contribution is 2.49. The Bertz CT molecular complexity index is 453.